The summed E-state index contributed by atoms with van der Waals surface area (Å²) in [4.78, 5) is 28.9. The zero-order valence-corrected chi connectivity index (χ0v) is 22.9. The number of hydrogen-bond donors (Lipinski definition) is 1. The molecule has 2 heterocycles. The fourth-order valence-electron chi connectivity index (χ4n) is 5.23. The first-order chi connectivity index (χ1) is 19.5. The molecule has 5 rings (SSSR count). The molecule has 0 saturated carbocycles. The Balaban J connectivity index is 1.50. The van der Waals surface area contributed by atoms with Crippen LogP contribution in [0.1, 0.15) is 30.0 Å². The fourth-order valence-corrected chi connectivity index (χ4v) is 5.23. The molecule has 3 aromatic carbocycles. The molecule has 0 aromatic heterocycles. The van der Waals surface area contributed by atoms with Crippen LogP contribution < -0.4 is 38.6 Å². The Kier molecular flexibility index (Phi) is 7.86. The third-order valence-electron chi connectivity index (χ3n) is 7.22. The van der Waals surface area contributed by atoms with E-state index < -0.39 is 12.0 Å². The molecule has 0 aliphatic carbocycles. The lowest BCUT2D eigenvalue weighted by molar-refractivity contribution is -0.129. The van der Waals surface area contributed by atoms with E-state index in [9.17, 15) is 9.59 Å². The number of carbonyl (C=O) groups is 2. The molecule has 1 N–H and O–H groups in total. The summed E-state index contributed by atoms with van der Waals surface area (Å²) in [5.41, 5.74) is 2.21. The summed E-state index contributed by atoms with van der Waals surface area (Å²) in [6.45, 7) is 0.487. The van der Waals surface area contributed by atoms with E-state index in [-0.39, 0.29) is 25.0 Å². The maximum Gasteiger partial charge on any atom is 0.231 e. The molecule has 2 aliphatic rings. The highest BCUT2D eigenvalue weighted by molar-refractivity contribution is 5.98. The number of rotatable bonds is 9. The van der Waals surface area contributed by atoms with Gasteiger partial charge in [0.05, 0.1) is 46.1 Å². The van der Waals surface area contributed by atoms with Gasteiger partial charge in [-0.05, 0) is 41.8 Å². The number of methoxy groups -OCH3 is 4. The van der Waals surface area contributed by atoms with Crippen LogP contribution in [0.3, 0.4) is 0 Å². The fraction of sp³-hybridized carbons (Fsp3) is 0.333. The van der Waals surface area contributed by atoms with E-state index >= 15 is 0 Å². The summed E-state index contributed by atoms with van der Waals surface area (Å²) in [5, 5.41) is 3.07. The van der Waals surface area contributed by atoms with Crippen molar-refractivity contribution >= 4 is 17.5 Å². The molecule has 2 aliphatic heterocycles. The molecule has 10 heteroatoms. The molecular weight excluding hydrogens is 516 g/mol. The SMILES string of the molecule is COc1ccc([C@@H]2[C@H](C(=O)NCc3ccc4c(c3)OCO4)CCC(=O)N2c2cc(OC)c(OC)c(OC)c2)cc1. The molecule has 2 atom stereocenters. The number of amides is 2. The first-order valence-corrected chi connectivity index (χ1v) is 12.9. The van der Waals surface area contributed by atoms with Crippen LogP contribution >= 0.6 is 0 Å². The van der Waals surface area contributed by atoms with Gasteiger partial charge in [0.2, 0.25) is 24.4 Å². The topological polar surface area (TPSA) is 105 Å². The smallest absolute Gasteiger partial charge is 0.231 e. The van der Waals surface area contributed by atoms with Crippen molar-refractivity contribution in [3.63, 3.8) is 0 Å². The quantitative estimate of drug-likeness (QED) is 0.423. The molecule has 3 aromatic rings. The Morgan fingerprint density at radius 1 is 0.900 bits per heavy atom. The monoisotopic (exact) mass is 548 g/mol. The van der Waals surface area contributed by atoms with Crippen molar-refractivity contribution < 1.29 is 38.0 Å². The van der Waals surface area contributed by atoms with Gasteiger partial charge in [0.15, 0.2) is 23.0 Å². The van der Waals surface area contributed by atoms with Gasteiger partial charge >= 0.3 is 0 Å². The lowest BCUT2D eigenvalue weighted by Gasteiger charge is -2.41. The second-order valence-corrected chi connectivity index (χ2v) is 9.42. The number of anilines is 1. The maximum absolute atomic E-state index is 13.7. The van der Waals surface area contributed by atoms with Crippen molar-refractivity contribution in [3.05, 3.63) is 65.7 Å². The summed E-state index contributed by atoms with van der Waals surface area (Å²) in [6, 6.07) is 15.8. The Hall–Kier alpha value is -4.60. The summed E-state index contributed by atoms with van der Waals surface area (Å²) < 4.78 is 32.8. The highest BCUT2D eigenvalue weighted by atomic mass is 16.7. The van der Waals surface area contributed by atoms with Crippen LogP contribution in [0, 0.1) is 5.92 Å². The summed E-state index contributed by atoms with van der Waals surface area (Å²) in [7, 11) is 6.15. The Morgan fingerprint density at radius 2 is 1.60 bits per heavy atom. The number of carbonyl (C=O) groups excluding carboxylic acids is 2. The minimum Gasteiger partial charge on any atom is -0.497 e. The standard InChI is InChI=1S/C30H32N2O8/c1-35-21-8-6-19(7-9-21)28-22(30(34)31-16-18-5-11-23-24(13-18)40-17-39-23)10-12-27(33)32(28)20-14-25(36-2)29(38-4)26(15-20)37-3/h5-9,11,13-15,22,28H,10,12,16-17H2,1-4H3,(H,31,34)/t22-,28-/m1/s1. The first-order valence-electron chi connectivity index (χ1n) is 12.9. The molecule has 2 amide bonds. The van der Waals surface area contributed by atoms with Crippen LogP contribution in [-0.2, 0) is 16.1 Å². The third kappa shape index (κ3) is 5.16. The number of nitrogens with one attached hydrogen (secondary N) is 1. The summed E-state index contributed by atoms with van der Waals surface area (Å²) >= 11 is 0. The summed E-state index contributed by atoms with van der Waals surface area (Å²) in [6.07, 6.45) is 0.592. The predicted molar refractivity (Wildman–Crippen MR) is 146 cm³/mol. The largest absolute Gasteiger partial charge is 0.497 e. The van der Waals surface area contributed by atoms with Crippen LogP contribution in [0.5, 0.6) is 34.5 Å². The average molecular weight is 549 g/mol. The summed E-state index contributed by atoms with van der Waals surface area (Å²) in [5.74, 6) is 2.44. The normalized spacial score (nSPS) is 17.8. The molecule has 0 unspecified atom stereocenters. The second kappa shape index (κ2) is 11.6. The van der Waals surface area contributed by atoms with Crippen LogP contribution in [0.2, 0.25) is 0 Å². The highest BCUT2D eigenvalue weighted by Crippen LogP contribution is 2.46. The average Bonchev–Trinajstić information content (AvgIpc) is 3.47. The van der Waals surface area contributed by atoms with E-state index in [1.165, 1.54) is 21.3 Å². The van der Waals surface area contributed by atoms with Gasteiger partial charge in [-0.25, -0.2) is 0 Å². The minimum absolute atomic E-state index is 0.116. The van der Waals surface area contributed by atoms with Gasteiger partial charge in [0.1, 0.15) is 5.75 Å². The lowest BCUT2D eigenvalue weighted by Crippen LogP contribution is -2.48. The van der Waals surface area contributed by atoms with Crippen LogP contribution in [0.25, 0.3) is 0 Å². The van der Waals surface area contributed by atoms with E-state index in [0.29, 0.717) is 53.2 Å². The first kappa shape index (κ1) is 27.0. The van der Waals surface area contributed by atoms with Crippen LogP contribution in [0.4, 0.5) is 5.69 Å². The van der Waals surface area contributed by atoms with Crippen molar-refractivity contribution in [2.24, 2.45) is 5.92 Å². The number of ether oxygens (including phenoxy) is 6. The van der Waals surface area contributed by atoms with Crippen LogP contribution in [-0.4, -0.2) is 47.0 Å². The minimum atomic E-state index is -0.591. The highest BCUT2D eigenvalue weighted by Gasteiger charge is 2.42. The number of benzene rings is 3. The molecule has 0 spiro atoms. The van der Waals surface area contributed by atoms with E-state index in [2.05, 4.69) is 5.32 Å². The molecule has 1 saturated heterocycles. The van der Waals surface area contributed by atoms with Crippen molar-refractivity contribution in [2.45, 2.75) is 25.4 Å². The van der Waals surface area contributed by atoms with Gasteiger partial charge < -0.3 is 38.6 Å². The zero-order chi connectivity index (χ0) is 28.2. The molecule has 10 nitrogen and oxygen atoms in total. The van der Waals surface area contributed by atoms with E-state index in [4.69, 9.17) is 28.4 Å². The third-order valence-corrected chi connectivity index (χ3v) is 7.22. The molecule has 0 bridgehead atoms. The van der Waals surface area contributed by atoms with E-state index in [1.807, 2.05) is 42.5 Å². The van der Waals surface area contributed by atoms with Crippen LogP contribution in [0.15, 0.2) is 54.6 Å². The van der Waals surface area contributed by atoms with Gasteiger partial charge in [-0.15, -0.1) is 0 Å². The number of piperidine rings is 1. The number of hydrogen-bond acceptors (Lipinski definition) is 8. The van der Waals surface area contributed by atoms with Gasteiger partial charge in [-0.3, -0.25) is 9.59 Å². The Bertz CT molecular complexity index is 1370. The Labute approximate surface area is 232 Å². The van der Waals surface area contributed by atoms with Gasteiger partial charge in [-0.1, -0.05) is 18.2 Å². The second-order valence-electron chi connectivity index (χ2n) is 9.42. The molecule has 0 radical (unpaired) electrons. The number of nitrogens with zero attached hydrogens (tertiary/aromatic N) is 1. The molecular formula is C30H32N2O8. The van der Waals surface area contributed by atoms with Crippen molar-refractivity contribution in [1.82, 2.24) is 5.32 Å². The van der Waals surface area contributed by atoms with Gasteiger partial charge in [0.25, 0.3) is 0 Å². The van der Waals surface area contributed by atoms with Gasteiger partial charge in [0, 0.05) is 25.1 Å². The van der Waals surface area contributed by atoms with E-state index in [0.717, 1.165) is 11.1 Å². The van der Waals surface area contributed by atoms with Crippen molar-refractivity contribution in [2.75, 3.05) is 40.1 Å². The van der Waals surface area contributed by atoms with Crippen molar-refractivity contribution in [3.8, 4) is 34.5 Å². The molecule has 210 valence electrons. The predicted octanol–water partition coefficient (Wildman–Crippen LogP) is 4.25. The van der Waals surface area contributed by atoms with E-state index in [1.54, 1.807) is 24.1 Å². The number of fused-ring (bicyclic) bond motifs is 1. The van der Waals surface area contributed by atoms with Crippen molar-refractivity contribution in [1.29, 1.82) is 0 Å². The Morgan fingerprint density at radius 3 is 2.25 bits per heavy atom. The van der Waals surface area contributed by atoms with Gasteiger partial charge in [-0.2, -0.15) is 0 Å². The zero-order valence-electron chi connectivity index (χ0n) is 22.9. The molecule has 40 heavy (non-hydrogen) atoms. The maximum atomic E-state index is 13.7. The molecule has 1 fully saturated rings. The lowest BCUT2D eigenvalue weighted by atomic mass is 9.83.